The molecule has 0 radical (unpaired) electrons. The average Bonchev–Trinajstić information content (AvgIpc) is 2.74. The standard InChI is InChI=1S/C18H14Cl2N2O2/c1-10-4-3-5-12(8-10)21-16-15(20)17(23)22(18(16)24)13-7-6-11(2)14(19)9-13/h3-9,21H,1-2H3. The number of hydrogen-bond donors (Lipinski definition) is 1. The third kappa shape index (κ3) is 2.90. The van der Waals surface area contributed by atoms with Gasteiger partial charge in [0.05, 0.1) is 5.69 Å². The quantitative estimate of drug-likeness (QED) is 0.825. The zero-order chi connectivity index (χ0) is 17.4. The normalized spacial score (nSPS) is 14.6. The van der Waals surface area contributed by atoms with Crippen LogP contribution >= 0.6 is 23.2 Å². The third-order valence-electron chi connectivity index (χ3n) is 3.73. The minimum atomic E-state index is -0.572. The van der Waals surface area contributed by atoms with Gasteiger partial charge in [-0.2, -0.15) is 0 Å². The van der Waals surface area contributed by atoms with E-state index in [0.29, 0.717) is 16.4 Å². The number of nitrogens with one attached hydrogen (secondary N) is 1. The molecule has 0 atom stereocenters. The lowest BCUT2D eigenvalue weighted by Crippen LogP contribution is -2.32. The van der Waals surface area contributed by atoms with Crippen molar-refractivity contribution in [2.45, 2.75) is 13.8 Å². The first-order chi connectivity index (χ1) is 11.4. The number of nitrogens with zero attached hydrogens (tertiary/aromatic N) is 1. The highest BCUT2D eigenvalue weighted by atomic mass is 35.5. The number of rotatable bonds is 3. The lowest BCUT2D eigenvalue weighted by molar-refractivity contribution is -0.120. The Hall–Kier alpha value is -2.30. The Morgan fingerprint density at radius 3 is 2.38 bits per heavy atom. The molecule has 0 fully saturated rings. The summed E-state index contributed by atoms with van der Waals surface area (Å²) in [5.74, 6) is -1.08. The minimum Gasteiger partial charge on any atom is -0.350 e. The second-order valence-electron chi connectivity index (χ2n) is 5.56. The molecule has 1 N–H and O–H groups in total. The van der Waals surface area contributed by atoms with Crippen LogP contribution < -0.4 is 10.2 Å². The molecule has 0 unspecified atom stereocenters. The van der Waals surface area contributed by atoms with E-state index in [4.69, 9.17) is 23.2 Å². The Morgan fingerprint density at radius 1 is 0.958 bits per heavy atom. The van der Waals surface area contributed by atoms with Crippen molar-refractivity contribution in [2.24, 2.45) is 0 Å². The van der Waals surface area contributed by atoms with E-state index >= 15 is 0 Å². The van der Waals surface area contributed by atoms with Crippen molar-refractivity contribution in [1.82, 2.24) is 0 Å². The fourth-order valence-electron chi connectivity index (χ4n) is 2.43. The van der Waals surface area contributed by atoms with Crippen LogP contribution in [-0.2, 0) is 9.59 Å². The van der Waals surface area contributed by atoms with Gasteiger partial charge in [0, 0.05) is 10.7 Å². The summed E-state index contributed by atoms with van der Waals surface area (Å²) >= 11 is 12.2. The van der Waals surface area contributed by atoms with E-state index in [0.717, 1.165) is 16.0 Å². The molecule has 2 amide bonds. The topological polar surface area (TPSA) is 49.4 Å². The first kappa shape index (κ1) is 16.6. The second-order valence-corrected chi connectivity index (χ2v) is 6.35. The number of imide groups is 1. The highest BCUT2D eigenvalue weighted by Gasteiger charge is 2.39. The van der Waals surface area contributed by atoms with Crippen LogP contribution in [-0.4, -0.2) is 11.8 Å². The Balaban J connectivity index is 1.94. The molecule has 2 aromatic rings. The molecule has 0 aromatic heterocycles. The van der Waals surface area contributed by atoms with Gasteiger partial charge in [-0.3, -0.25) is 9.59 Å². The average molecular weight is 361 g/mol. The summed E-state index contributed by atoms with van der Waals surface area (Å²) in [5.41, 5.74) is 3.02. The molecule has 1 aliphatic rings. The largest absolute Gasteiger partial charge is 0.350 e. The smallest absolute Gasteiger partial charge is 0.283 e. The van der Waals surface area contributed by atoms with Crippen molar-refractivity contribution in [2.75, 3.05) is 10.2 Å². The Kier molecular flexibility index (Phi) is 4.35. The van der Waals surface area contributed by atoms with Crippen molar-refractivity contribution < 1.29 is 9.59 Å². The molecule has 24 heavy (non-hydrogen) atoms. The summed E-state index contributed by atoms with van der Waals surface area (Å²) in [6, 6.07) is 12.4. The zero-order valence-electron chi connectivity index (χ0n) is 13.1. The van der Waals surface area contributed by atoms with Crippen molar-refractivity contribution in [1.29, 1.82) is 0 Å². The van der Waals surface area contributed by atoms with E-state index in [9.17, 15) is 9.59 Å². The lowest BCUT2D eigenvalue weighted by atomic mass is 10.2. The minimum absolute atomic E-state index is 0.0592. The molecule has 0 saturated heterocycles. The van der Waals surface area contributed by atoms with E-state index in [1.807, 2.05) is 32.0 Å². The van der Waals surface area contributed by atoms with Gasteiger partial charge in [-0.1, -0.05) is 41.4 Å². The molecule has 2 aromatic carbocycles. The second kappa shape index (κ2) is 6.30. The first-order valence-electron chi connectivity index (χ1n) is 7.27. The highest BCUT2D eigenvalue weighted by molar-refractivity contribution is 6.53. The number of halogens is 2. The Labute approximate surface area is 149 Å². The molecule has 0 bridgehead atoms. The molecule has 1 heterocycles. The van der Waals surface area contributed by atoms with Gasteiger partial charge in [0.15, 0.2) is 0 Å². The van der Waals surface area contributed by atoms with Gasteiger partial charge in [-0.05, 0) is 49.2 Å². The van der Waals surface area contributed by atoms with Crippen molar-refractivity contribution in [3.05, 3.63) is 69.3 Å². The molecule has 0 saturated carbocycles. The van der Waals surface area contributed by atoms with E-state index in [1.54, 1.807) is 24.3 Å². The molecule has 0 spiro atoms. The van der Waals surface area contributed by atoms with Crippen LogP contribution in [0.15, 0.2) is 53.2 Å². The van der Waals surface area contributed by atoms with Crippen LogP contribution in [0.5, 0.6) is 0 Å². The summed E-state index contributed by atoms with van der Waals surface area (Å²) in [5, 5.41) is 3.28. The fraction of sp³-hybridized carbons (Fsp3) is 0.111. The van der Waals surface area contributed by atoms with Gasteiger partial charge >= 0.3 is 0 Å². The SMILES string of the molecule is Cc1cccc(NC2=C(Cl)C(=O)N(c3ccc(C)c(Cl)c3)C2=O)c1. The van der Waals surface area contributed by atoms with Crippen molar-refractivity contribution in [3.63, 3.8) is 0 Å². The maximum absolute atomic E-state index is 12.7. The summed E-state index contributed by atoms with van der Waals surface area (Å²) in [4.78, 5) is 26.1. The van der Waals surface area contributed by atoms with Crippen LogP contribution in [0.25, 0.3) is 0 Å². The molecule has 1 aliphatic heterocycles. The Bertz CT molecular complexity index is 890. The monoisotopic (exact) mass is 360 g/mol. The molecule has 6 heteroatoms. The number of carbonyl (C=O) groups excluding carboxylic acids is 2. The van der Waals surface area contributed by atoms with Crippen LogP contribution in [0.2, 0.25) is 5.02 Å². The van der Waals surface area contributed by atoms with Gasteiger partial charge in [0.2, 0.25) is 0 Å². The number of carbonyl (C=O) groups is 2. The molecular weight excluding hydrogens is 347 g/mol. The number of anilines is 2. The van der Waals surface area contributed by atoms with E-state index < -0.39 is 11.8 Å². The van der Waals surface area contributed by atoms with Gasteiger partial charge in [-0.25, -0.2) is 4.90 Å². The molecule has 4 nitrogen and oxygen atoms in total. The molecule has 0 aliphatic carbocycles. The van der Waals surface area contributed by atoms with E-state index in [1.165, 1.54) is 0 Å². The maximum Gasteiger partial charge on any atom is 0.283 e. The van der Waals surface area contributed by atoms with Crippen LogP contribution in [0.4, 0.5) is 11.4 Å². The predicted octanol–water partition coefficient (Wildman–Crippen LogP) is 4.39. The van der Waals surface area contributed by atoms with Gasteiger partial charge in [0.1, 0.15) is 10.7 Å². The maximum atomic E-state index is 12.7. The molecule has 122 valence electrons. The predicted molar refractivity (Wildman–Crippen MR) is 96.4 cm³/mol. The first-order valence-corrected chi connectivity index (χ1v) is 8.02. The zero-order valence-corrected chi connectivity index (χ0v) is 14.6. The number of benzene rings is 2. The number of aryl methyl sites for hydroxylation is 2. The number of hydrogen-bond acceptors (Lipinski definition) is 3. The fourth-order valence-corrected chi connectivity index (χ4v) is 2.82. The summed E-state index contributed by atoms with van der Waals surface area (Å²) in [6.07, 6.45) is 0. The molecular formula is C18H14Cl2N2O2. The van der Waals surface area contributed by atoms with Gasteiger partial charge in [-0.15, -0.1) is 0 Å². The summed E-state index contributed by atoms with van der Waals surface area (Å²) in [6.45, 7) is 3.78. The highest BCUT2D eigenvalue weighted by Crippen LogP contribution is 2.32. The van der Waals surface area contributed by atoms with Gasteiger partial charge in [0.25, 0.3) is 11.8 Å². The van der Waals surface area contributed by atoms with Crippen LogP contribution in [0.3, 0.4) is 0 Å². The van der Waals surface area contributed by atoms with E-state index in [-0.39, 0.29) is 10.7 Å². The van der Waals surface area contributed by atoms with Crippen LogP contribution in [0, 0.1) is 13.8 Å². The van der Waals surface area contributed by atoms with Crippen molar-refractivity contribution >= 4 is 46.4 Å². The molecule has 3 rings (SSSR count). The summed E-state index contributed by atoms with van der Waals surface area (Å²) in [7, 11) is 0. The lowest BCUT2D eigenvalue weighted by Gasteiger charge is -2.16. The van der Waals surface area contributed by atoms with Crippen LogP contribution in [0.1, 0.15) is 11.1 Å². The van der Waals surface area contributed by atoms with Gasteiger partial charge < -0.3 is 5.32 Å². The Morgan fingerprint density at radius 2 is 1.71 bits per heavy atom. The van der Waals surface area contributed by atoms with E-state index in [2.05, 4.69) is 5.32 Å². The third-order valence-corrected chi connectivity index (χ3v) is 4.49. The van der Waals surface area contributed by atoms with Crippen molar-refractivity contribution in [3.8, 4) is 0 Å². The summed E-state index contributed by atoms with van der Waals surface area (Å²) < 4.78 is 0. The number of amides is 2.